The van der Waals surface area contributed by atoms with Crippen molar-refractivity contribution < 1.29 is 31.2 Å². The number of benzene rings is 4. The lowest BCUT2D eigenvalue weighted by molar-refractivity contribution is -0.140. The molecule has 0 aromatic heterocycles. The Morgan fingerprint density at radius 3 is 2.15 bits per heavy atom. The molecule has 0 saturated heterocycles. The number of aryl methyl sites for hydroxylation is 1. The molecular formula is C34H31Cl3F3N3O4S. The second-order valence-corrected chi connectivity index (χ2v) is 14.0. The zero-order valence-corrected chi connectivity index (χ0v) is 28.9. The number of nitrogens with zero attached hydrogens (tertiary/aromatic N) is 2. The molecule has 0 bridgehead atoms. The number of sulfonamides is 1. The molecular weight excluding hydrogens is 710 g/mol. The Kier molecular flexibility index (Phi) is 12.1. The first kappa shape index (κ1) is 37.1. The first-order valence-electron chi connectivity index (χ1n) is 14.6. The minimum absolute atomic E-state index is 0.0352. The van der Waals surface area contributed by atoms with Crippen LogP contribution in [0.3, 0.4) is 0 Å². The van der Waals surface area contributed by atoms with Crippen molar-refractivity contribution in [1.82, 2.24) is 10.2 Å². The van der Waals surface area contributed by atoms with E-state index in [2.05, 4.69) is 5.32 Å². The molecule has 0 saturated carbocycles. The molecule has 4 rings (SSSR count). The lowest BCUT2D eigenvalue weighted by Gasteiger charge is -2.34. The fourth-order valence-electron chi connectivity index (χ4n) is 4.93. The van der Waals surface area contributed by atoms with Gasteiger partial charge in [0.05, 0.1) is 21.2 Å². The van der Waals surface area contributed by atoms with Gasteiger partial charge in [-0.15, -0.1) is 0 Å². The van der Waals surface area contributed by atoms with E-state index in [9.17, 15) is 31.2 Å². The van der Waals surface area contributed by atoms with Crippen LogP contribution in [0.5, 0.6) is 0 Å². The van der Waals surface area contributed by atoms with Crippen LogP contribution in [0.2, 0.25) is 15.1 Å². The van der Waals surface area contributed by atoms with E-state index < -0.39 is 56.9 Å². The summed E-state index contributed by atoms with van der Waals surface area (Å²) in [6.07, 6.45) is -4.89. The van der Waals surface area contributed by atoms with Gasteiger partial charge in [0, 0.05) is 29.6 Å². The van der Waals surface area contributed by atoms with Crippen LogP contribution in [0.1, 0.15) is 29.2 Å². The number of rotatable bonds is 12. The van der Waals surface area contributed by atoms with Gasteiger partial charge < -0.3 is 10.2 Å². The van der Waals surface area contributed by atoms with Gasteiger partial charge in [-0.2, -0.15) is 13.2 Å². The van der Waals surface area contributed by atoms with Crippen LogP contribution in [0.25, 0.3) is 0 Å². The first-order chi connectivity index (χ1) is 22.6. The van der Waals surface area contributed by atoms with Crippen molar-refractivity contribution >= 4 is 62.3 Å². The van der Waals surface area contributed by atoms with Gasteiger partial charge in [0.25, 0.3) is 10.0 Å². The highest BCUT2D eigenvalue weighted by molar-refractivity contribution is 7.92. The number of likely N-dealkylation sites (N-methyl/N-ethyl adjacent to an activating group) is 1. The molecule has 1 N–H and O–H groups in total. The number of alkyl halides is 3. The minimum atomic E-state index is -4.92. The highest BCUT2D eigenvalue weighted by Gasteiger charge is 2.37. The second kappa shape index (κ2) is 15.6. The SMILES string of the molecule is CCNC(=O)[C@H](Cc1ccccc1)N(Cc1ccc(Cl)cc1Cl)C(=O)CN(c1ccc(Cl)c(C(F)(F)F)c1)S(=O)(=O)c1ccc(C)cc1. The summed E-state index contributed by atoms with van der Waals surface area (Å²) in [6.45, 7) is 2.45. The van der Waals surface area contributed by atoms with Crippen molar-refractivity contribution in [1.29, 1.82) is 0 Å². The molecule has 0 heterocycles. The van der Waals surface area contributed by atoms with E-state index in [1.54, 1.807) is 56.3 Å². The van der Waals surface area contributed by atoms with Gasteiger partial charge in [0.2, 0.25) is 11.8 Å². The average molecular weight is 741 g/mol. The molecule has 48 heavy (non-hydrogen) atoms. The van der Waals surface area contributed by atoms with Crippen molar-refractivity contribution in [2.24, 2.45) is 0 Å². The fraction of sp³-hybridized carbons (Fsp3) is 0.235. The summed E-state index contributed by atoms with van der Waals surface area (Å²) in [7, 11) is -4.64. The summed E-state index contributed by atoms with van der Waals surface area (Å²) in [5, 5.41) is 2.59. The lowest BCUT2D eigenvalue weighted by Crippen LogP contribution is -2.53. The summed E-state index contributed by atoms with van der Waals surface area (Å²) >= 11 is 18.4. The van der Waals surface area contributed by atoms with E-state index in [1.165, 1.54) is 35.2 Å². The number of carbonyl (C=O) groups is 2. The Balaban J connectivity index is 1.88. The standard InChI is InChI=1S/C34H31Cl3F3N3O4S/c1-3-41-33(45)31(17-23-7-5-4-6-8-23)42(20-24-11-12-25(35)18-30(24)37)32(44)21-43(48(46,47)27-14-9-22(2)10-15-27)26-13-16-29(36)28(19-26)34(38,39)40/h4-16,18-19,31H,3,17,20-21H2,1-2H3,(H,41,45)/t31-/m0/s1. The van der Waals surface area contributed by atoms with Crippen LogP contribution < -0.4 is 9.62 Å². The fourth-order valence-corrected chi connectivity index (χ4v) is 7.03. The zero-order chi connectivity index (χ0) is 35.2. The van der Waals surface area contributed by atoms with E-state index in [4.69, 9.17) is 34.8 Å². The highest BCUT2D eigenvalue weighted by Crippen LogP contribution is 2.38. The first-order valence-corrected chi connectivity index (χ1v) is 17.2. The third-order valence-corrected chi connectivity index (χ3v) is 10.1. The van der Waals surface area contributed by atoms with Crippen molar-refractivity contribution in [2.45, 2.75) is 43.9 Å². The summed E-state index contributed by atoms with van der Waals surface area (Å²) in [6, 6.07) is 20.5. The normalized spacial score (nSPS) is 12.3. The molecule has 2 amide bonds. The average Bonchev–Trinajstić information content (AvgIpc) is 3.03. The van der Waals surface area contributed by atoms with Gasteiger partial charge in [0.1, 0.15) is 12.6 Å². The van der Waals surface area contributed by atoms with Gasteiger partial charge in [-0.3, -0.25) is 13.9 Å². The van der Waals surface area contributed by atoms with Crippen molar-refractivity contribution in [3.63, 3.8) is 0 Å². The maximum Gasteiger partial charge on any atom is 0.417 e. The molecule has 0 aliphatic carbocycles. The molecule has 14 heteroatoms. The molecule has 0 radical (unpaired) electrons. The smallest absolute Gasteiger partial charge is 0.355 e. The van der Waals surface area contributed by atoms with Crippen LogP contribution in [0.15, 0.2) is 95.9 Å². The number of carbonyl (C=O) groups excluding carboxylic acids is 2. The monoisotopic (exact) mass is 739 g/mol. The summed E-state index contributed by atoms with van der Waals surface area (Å²) in [5.41, 5.74) is 0.0927. The van der Waals surface area contributed by atoms with Gasteiger partial charge in [-0.05, 0) is 67.4 Å². The Bertz CT molecular complexity index is 1880. The minimum Gasteiger partial charge on any atom is -0.355 e. The Hall–Kier alpha value is -3.77. The van der Waals surface area contributed by atoms with Gasteiger partial charge in [-0.1, -0.05) is 88.9 Å². The van der Waals surface area contributed by atoms with Gasteiger partial charge >= 0.3 is 6.18 Å². The Morgan fingerprint density at radius 1 is 0.875 bits per heavy atom. The number of hydrogen-bond donors (Lipinski definition) is 1. The van der Waals surface area contributed by atoms with Gasteiger partial charge in [0.15, 0.2) is 0 Å². The maximum absolute atomic E-state index is 14.5. The van der Waals surface area contributed by atoms with Crippen LogP contribution in [-0.4, -0.2) is 44.3 Å². The van der Waals surface area contributed by atoms with E-state index in [1.807, 2.05) is 0 Å². The highest BCUT2D eigenvalue weighted by atomic mass is 35.5. The van der Waals surface area contributed by atoms with Crippen LogP contribution in [0, 0.1) is 6.92 Å². The zero-order valence-electron chi connectivity index (χ0n) is 25.8. The van der Waals surface area contributed by atoms with Crippen LogP contribution in [-0.2, 0) is 38.8 Å². The van der Waals surface area contributed by atoms with E-state index in [-0.39, 0.29) is 29.4 Å². The molecule has 0 aliphatic heterocycles. The summed E-state index contributed by atoms with van der Waals surface area (Å²) < 4.78 is 70.6. The van der Waals surface area contributed by atoms with Crippen molar-refractivity contribution in [2.75, 3.05) is 17.4 Å². The molecule has 0 aliphatic rings. The number of halogens is 6. The maximum atomic E-state index is 14.5. The largest absolute Gasteiger partial charge is 0.417 e. The molecule has 254 valence electrons. The van der Waals surface area contributed by atoms with E-state index >= 15 is 0 Å². The van der Waals surface area contributed by atoms with Crippen molar-refractivity contribution in [3.05, 3.63) is 128 Å². The molecule has 4 aromatic carbocycles. The number of amides is 2. The number of nitrogens with one attached hydrogen (secondary N) is 1. The Morgan fingerprint density at radius 2 is 1.54 bits per heavy atom. The van der Waals surface area contributed by atoms with E-state index in [0.717, 1.165) is 17.7 Å². The van der Waals surface area contributed by atoms with Crippen LogP contribution >= 0.6 is 34.8 Å². The number of anilines is 1. The second-order valence-electron chi connectivity index (χ2n) is 10.8. The van der Waals surface area contributed by atoms with Gasteiger partial charge in [-0.25, -0.2) is 8.42 Å². The Labute approximate surface area is 292 Å². The third kappa shape index (κ3) is 9.02. The molecule has 7 nitrogen and oxygen atoms in total. The molecule has 0 fully saturated rings. The number of hydrogen-bond acceptors (Lipinski definition) is 4. The predicted octanol–water partition coefficient (Wildman–Crippen LogP) is 7.95. The predicted molar refractivity (Wildman–Crippen MR) is 182 cm³/mol. The third-order valence-electron chi connectivity index (χ3n) is 7.41. The lowest BCUT2D eigenvalue weighted by atomic mass is 10.0. The molecule has 1 atom stereocenters. The van der Waals surface area contributed by atoms with Crippen molar-refractivity contribution in [3.8, 4) is 0 Å². The van der Waals surface area contributed by atoms with E-state index in [0.29, 0.717) is 26.5 Å². The molecule has 4 aromatic rings. The van der Waals surface area contributed by atoms with Crippen LogP contribution in [0.4, 0.5) is 18.9 Å². The summed E-state index contributed by atoms with van der Waals surface area (Å²) in [5.74, 6) is -1.41. The summed E-state index contributed by atoms with van der Waals surface area (Å²) in [4.78, 5) is 29.0. The topological polar surface area (TPSA) is 86.8 Å². The quantitative estimate of drug-likeness (QED) is 0.160. The molecule has 0 spiro atoms. The molecule has 0 unspecified atom stereocenters.